The Morgan fingerprint density at radius 2 is 1.57 bits per heavy atom. The quantitative estimate of drug-likeness (QED) is 0.618. The monoisotopic (exact) mass is 310 g/mol. The van der Waals surface area contributed by atoms with Crippen molar-refractivity contribution in [1.29, 1.82) is 0 Å². The van der Waals surface area contributed by atoms with Gasteiger partial charge in [-0.15, -0.1) is 0 Å². The lowest BCUT2D eigenvalue weighted by Crippen LogP contribution is -2.20. The van der Waals surface area contributed by atoms with Crippen LogP contribution in [-0.2, 0) is 11.6 Å². The standard InChI is InChI=1S/C15H16F6/c1-9(2)10-5-11(7-12(6-10)15(19,20)21)13(3-4-13)8-14(16,17)18/h5-7,9H,3-4,8H2,1-2H3. The lowest BCUT2D eigenvalue weighted by molar-refractivity contribution is -0.141. The second-order valence-corrected chi connectivity index (χ2v) is 6.07. The summed E-state index contributed by atoms with van der Waals surface area (Å²) >= 11 is 0. The van der Waals surface area contributed by atoms with Crippen LogP contribution in [0.4, 0.5) is 26.3 Å². The Bertz CT molecular complexity index is 520. The minimum absolute atomic E-state index is 0.165. The molecule has 0 amide bonds. The van der Waals surface area contributed by atoms with E-state index in [0.717, 1.165) is 12.1 Å². The van der Waals surface area contributed by atoms with E-state index in [0.29, 0.717) is 5.56 Å². The maximum absolute atomic E-state index is 12.9. The Morgan fingerprint density at radius 1 is 1.00 bits per heavy atom. The van der Waals surface area contributed by atoms with E-state index in [-0.39, 0.29) is 24.3 Å². The molecule has 0 atom stereocenters. The zero-order valence-electron chi connectivity index (χ0n) is 11.7. The van der Waals surface area contributed by atoms with Crippen molar-refractivity contribution >= 4 is 0 Å². The highest BCUT2D eigenvalue weighted by Gasteiger charge is 2.52. The van der Waals surface area contributed by atoms with E-state index < -0.39 is 29.8 Å². The van der Waals surface area contributed by atoms with Crippen LogP contribution in [0.1, 0.15) is 55.7 Å². The second-order valence-electron chi connectivity index (χ2n) is 6.07. The molecule has 1 aromatic carbocycles. The van der Waals surface area contributed by atoms with E-state index in [9.17, 15) is 26.3 Å². The SMILES string of the molecule is CC(C)c1cc(C(F)(F)F)cc(C2(CC(F)(F)F)CC2)c1. The zero-order valence-corrected chi connectivity index (χ0v) is 11.7. The third-order valence-corrected chi connectivity index (χ3v) is 3.95. The van der Waals surface area contributed by atoms with Crippen LogP contribution in [0.25, 0.3) is 0 Å². The van der Waals surface area contributed by atoms with Crippen LogP contribution in [-0.4, -0.2) is 6.18 Å². The molecule has 0 N–H and O–H groups in total. The van der Waals surface area contributed by atoms with Crippen LogP contribution < -0.4 is 0 Å². The van der Waals surface area contributed by atoms with Gasteiger partial charge in [0.15, 0.2) is 0 Å². The Hall–Kier alpha value is -1.20. The number of rotatable bonds is 3. The Balaban J connectivity index is 2.46. The highest BCUT2D eigenvalue weighted by molar-refractivity contribution is 5.40. The summed E-state index contributed by atoms with van der Waals surface area (Å²) in [5.74, 6) is -0.173. The predicted molar refractivity (Wildman–Crippen MR) is 67.1 cm³/mol. The minimum Gasteiger partial charge on any atom is -0.171 e. The molecule has 0 aliphatic heterocycles. The molecule has 0 nitrogen and oxygen atoms in total. The largest absolute Gasteiger partial charge is 0.416 e. The molecule has 118 valence electrons. The molecule has 1 aromatic rings. The van der Waals surface area contributed by atoms with Crippen molar-refractivity contribution in [3.8, 4) is 0 Å². The smallest absolute Gasteiger partial charge is 0.171 e. The Morgan fingerprint density at radius 3 is 1.95 bits per heavy atom. The van der Waals surface area contributed by atoms with Crippen molar-refractivity contribution < 1.29 is 26.3 Å². The fourth-order valence-electron chi connectivity index (χ4n) is 2.56. The van der Waals surface area contributed by atoms with E-state index in [4.69, 9.17) is 0 Å². The van der Waals surface area contributed by atoms with E-state index in [1.54, 1.807) is 13.8 Å². The first-order valence-corrected chi connectivity index (χ1v) is 6.72. The van der Waals surface area contributed by atoms with Crippen LogP contribution in [0, 0.1) is 0 Å². The maximum atomic E-state index is 12.9. The van der Waals surface area contributed by atoms with Gasteiger partial charge in [0.2, 0.25) is 0 Å². The van der Waals surface area contributed by atoms with Gasteiger partial charge in [-0.25, -0.2) is 0 Å². The molecule has 2 rings (SSSR count). The summed E-state index contributed by atoms with van der Waals surface area (Å²) in [4.78, 5) is 0. The first kappa shape index (κ1) is 16.2. The van der Waals surface area contributed by atoms with Gasteiger partial charge >= 0.3 is 12.4 Å². The first-order valence-electron chi connectivity index (χ1n) is 6.72. The molecule has 0 heterocycles. The summed E-state index contributed by atoms with van der Waals surface area (Å²) in [6, 6.07) is 3.40. The minimum atomic E-state index is -4.55. The molecule has 1 saturated carbocycles. The van der Waals surface area contributed by atoms with Gasteiger partial charge in [-0.3, -0.25) is 0 Å². The first-order chi connectivity index (χ1) is 9.43. The Labute approximate surface area is 119 Å². The van der Waals surface area contributed by atoms with Crippen LogP contribution in [0.15, 0.2) is 18.2 Å². The third-order valence-electron chi connectivity index (χ3n) is 3.95. The van der Waals surface area contributed by atoms with Gasteiger partial charge in [0.25, 0.3) is 0 Å². The van der Waals surface area contributed by atoms with Gasteiger partial charge in [0, 0.05) is 5.41 Å². The van der Waals surface area contributed by atoms with E-state index in [1.165, 1.54) is 6.07 Å². The molecule has 1 aliphatic carbocycles. The highest BCUT2D eigenvalue weighted by Crippen LogP contribution is 2.55. The summed E-state index contributed by atoms with van der Waals surface area (Å²) in [5.41, 5.74) is -1.44. The van der Waals surface area contributed by atoms with Gasteiger partial charge in [-0.1, -0.05) is 19.9 Å². The molecule has 1 fully saturated rings. The van der Waals surface area contributed by atoms with Gasteiger partial charge in [0.1, 0.15) is 0 Å². The zero-order chi connectivity index (χ0) is 16.1. The van der Waals surface area contributed by atoms with Crippen LogP contribution in [0.2, 0.25) is 0 Å². The summed E-state index contributed by atoms with van der Waals surface area (Å²) in [6.07, 6.45) is -9.41. The van der Waals surface area contributed by atoms with Gasteiger partial charge in [-0.2, -0.15) is 26.3 Å². The third kappa shape index (κ3) is 3.71. The van der Waals surface area contributed by atoms with Crippen molar-refractivity contribution in [3.63, 3.8) is 0 Å². The molecule has 0 saturated heterocycles. The highest BCUT2D eigenvalue weighted by atomic mass is 19.4. The molecular weight excluding hydrogens is 294 g/mol. The van der Waals surface area contributed by atoms with Crippen molar-refractivity contribution in [2.24, 2.45) is 0 Å². The number of halogens is 6. The fraction of sp³-hybridized carbons (Fsp3) is 0.600. The van der Waals surface area contributed by atoms with Crippen LogP contribution in [0.5, 0.6) is 0 Å². The number of alkyl halides is 6. The van der Waals surface area contributed by atoms with Crippen molar-refractivity contribution in [2.75, 3.05) is 0 Å². The lowest BCUT2D eigenvalue weighted by atomic mass is 9.87. The fourth-order valence-corrected chi connectivity index (χ4v) is 2.56. The van der Waals surface area contributed by atoms with Gasteiger partial charge in [-0.05, 0) is 42.0 Å². The second kappa shape index (κ2) is 4.92. The normalized spacial score (nSPS) is 18.1. The van der Waals surface area contributed by atoms with Gasteiger partial charge in [0.05, 0.1) is 12.0 Å². The molecule has 21 heavy (non-hydrogen) atoms. The predicted octanol–water partition coefficient (Wildman–Crippen LogP) is 5.81. The molecule has 0 radical (unpaired) electrons. The number of hydrogen-bond donors (Lipinski definition) is 0. The maximum Gasteiger partial charge on any atom is 0.416 e. The summed E-state index contributed by atoms with van der Waals surface area (Å²) in [5, 5.41) is 0. The molecule has 0 unspecified atom stereocenters. The summed E-state index contributed by atoms with van der Waals surface area (Å²) in [7, 11) is 0. The van der Waals surface area contributed by atoms with E-state index in [1.807, 2.05) is 0 Å². The molecule has 0 spiro atoms. The van der Waals surface area contributed by atoms with Crippen molar-refractivity contribution in [1.82, 2.24) is 0 Å². The molecular formula is C15H16F6. The average Bonchev–Trinajstić information content (AvgIpc) is 3.05. The topological polar surface area (TPSA) is 0 Å². The lowest BCUT2D eigenvalue weighted by Gasteiger charge is -2.21. The number of hydrogen-bond acceptors (Lipinski definition) is 0. The summed E-state index contributed by atoms with van der Waals surface area (Å²) < 4.78 is 76.8. The molecule has 6 heteroatoms. The number of benzene rings is 1. The molecule has 0 bridgehead atoms. The van der Waals surface area contributed by atoms with Crippen molar-refractivity contribution in [2.45, 2.75) is 56.8 Å². The van der Waals surface area contributed by atoms with Gasteiger partial charge < -0.3 is 0 Å². The van der Waals surface area contributed by atoms with Crippen molar-refractivity contribution in [3.05, 3.63) is 34.9 Å². The molecule has 0 aromatic heterocycles. The Kier molecular flexibility index (Phi) is 3.79. The van der Waals surface area contributed by atoms with Crippen LogP contribution >= 0.6 is 0 Å². The van der Waals surface area contributed by atoms with E-state index >= 15 is 0 Å². The molecule has 1 aliphatic rings. The average molecular weight is 310 g/mol. The van der Waals surface area contributed by atoms with E-state index in [2.05, 4.69) is 0 Å². The van der Waals surface area contributed by atoms with Crippen LogP contribution in [0.3, 0.4) is 0 Å². The summed E-state index contributed by atoms with van der Waals surface area (Å²) in [6.45, 7) is 3.45.